The van der Waals surface area contributed by atoms with E-state index >= 15 is 0 Å². The summed E-state index contributed by atoms with van der Waals surface area (Å²) in [5, 5.41) is 2.73. The smallest absolute Gasteiger partial charge is 0.260 e. The van der Waals surface area contributed by atoms with Gasteiger partial charge in [0, 0.05) is 18.4 Å². The lowest BCUT2D eigenvalue weighted by molar-refractivity contribution is 0.102. The minimum Gasteiger partial charge on any atom is -0.322 e. The summed E-state index contributed by atoms with van der Waals surface area (Å²) in [4.78, 5) is 17.5. The van der Waals surface area contributed by atoms with E-state index in [4.69, 9.17) is 0 Å². The highest BCUT2D eigenvalue weighted by molar-refractivity contribution is 6.04. The van der Waals surface area contributed by atoms with E-state index in [1.165, 1.54) is 18.3 Å². The zero-order valence-electron chi connectivity index (χ0n) is 11.4. The molecule has 20 heavy (non-hydrogen) atoms. The molecule has 0 bridgehead atoms. The predicted molar refractivity (Wildman–Crippen MR) is 76.0 cm³/mol. The van der Waals surface area contributed by atoms with Gasteiger partial charge in [-0.05, 0) is 37.9 Å². The summed E-state index contributed by atoms with van der Waals surface area (Å²) in [6, 6.07) is 10.4. The maximum absolute atomic E-state index is 13.5. The van der Waals surface area contributed by atoms with Crippen molar-refractivity contribution >= 4 is 11.6 Å². The van der Waals surface area contributed by atoms with E-state index in [1.807, 2.05) is 37.2 Å². The molecule has 1 heterocycles. The van der Waals surface area contributed by atoms with Crippen molar-refractivity contribution in [2.45, 2.75) is 6.54 Å². The van der Waals surface area contributed by atoms with Gasteiger partial charge in [0.1, 0.15) is 0 Å². The van der Waals surface area contributed by atoms with E-state index in [2.05, 4.69) is 10.3 Å². The van der Waals surface area contributed by atoms with Crippen LogP contribution < -0.4 is 5.32 Å². The molecule has 0 saturated carbocycles. The number of rotatable bonds is 4. The molecule has 0 aliphatic heterocycles. The van der Waals surface area contributed by atoms with Gasteiger partial charge >= 0.3 is 0 Å². The summed E-state index contributed by atoms with van der Waals surface area (Å²) in [5.74, 6) is -1.27. The molecule has 0 radical (unpaired) electrons. The first-order valence-electron chi connectivity index (χ1n) is 6.22. The second-order valence-corrected chi connectivity index (χ2v) is 4.69. The van der Waals surface area contributed by atoms with E-state index in [0.29, 0.717) is 12.2 Å². The first kappa shape index (κ1) is 14.1. The van der Waals surface area contributed by atoms with Crippen LogP contribution in [0.2, 0.25) is 0 Å². The number of amides is 1. The van der Waals surface area contributed by atoms with Gasteiger partial charge in [-0.1, -0.05) is 18.2 Å². The summed E-state index contributed by atoms with van der Waals surface area (Å²) in [6.07, 6.45) is 1.31. The number of carbonyl (C=O) groups is 1. The Morgan fingerprint density at radius 1 is 1.25 bits per heavy atom. The molecular formula is C15H16FN3O. The lowest BCUT2D eigenvalue weighted by Crippen LogP contribution is -2.17. The quantitative estimate of drug-likeness (QED) is 0.871. The molecule has 0 spiro atoms. The fraction of sp³-hybridized carbons (Fsp3) is 0.200. The van der Waals surface area contributed by atoms with Crippen LogP contribution in [0.25, 0.3) is 0 Å². The molecule has 0 atom stereocenters. The normalized spacial score (nSPS) is 10.6. The number of para-hydroxylation sites is 1. The van der Waals surface area contributed by atoms with Crippen LogP contribution in [0.1, 0.15) is 15.9 Å². The average Bonchev–Trinajstić information content (AvgIpc) is 2.41. The lowest BCUT2D eigenvalue weighted by atomic mass is 10.1. The largest absolute Gasteiger partial charge is 0.322 e. The summed E-state index contributed by atoms with van der Waals surface area (Å²) in [6.45, 7) is 0.686. The van der Waals surface area contributed by atoms with Gasteiger partial charge in [0.15, 0.2) is 0 Å². The van der Waals surface area contributed by atoms with Gasteiger partial charge < -0.3 is 10.2 Å². The number of halogens is 1. The van der Waals surface area contributed by atoms with Crippen molar-refractivity contribution in [3.63, 3.8) is 0 Å². The van der Waals surface area contributed by atoms with Crippen LogP contribution in [0.5, 0.6) is 0 Å². The Morgan fingerprint density at radius 3 is 2.70 bits per heavy atom. The minimum absolute atomic E-state index is 0.0628. The summed E-state index contributed by atoms with van der Waals surface area (Å²) in [5.41, 5.74) is 1.58. The standard InChI is InChI=1S/C15H16FN3O/c1-19(2)10-11-6-3-4-8-13(11)18-15(20)12-7-5-9-17-14(12)16/h3-9H,10H2,1-2H3,(H,18,20). The van der Waals surface area contributed by atoms with Crippen LogP contribution in [0.15, 0.2) is 42.6 Å². The summed E-state index contributed by atoms with van der Waals surface area (Å²) in [7, 11) is 3.89. The molecule has 1 aromatic heterocycles. The average molecular weight is 273 g/mol. The van der Waals surface area contributed by atoms with Crippen molar-refractivity contribution in [2.75, 3.05) is 19.4 Å². The van der Waals surface area contributed by atoms with E-state index in [1.54, 1.807) is 6.07 Å². The van der Waals surface area contributed by atoms with E-state index in [0.717, 1.165) is 5.56 Å². The fourth-order valence-electron chi connectivity index (χ4n) is 1.87. The second kappa shape index (κ2) is 6.25. The van der Waals surface area contributed by atoms with Gasteiger partial charge in [0.2, 0.25) is 5.95 Å². The molecule has 5 heteroatoms. The first-order chi connectivity index (χ1) is 9.58. The third-order valence-corrected chi connectivity index (χ3v) is 2.76. The molecular weight excluding hydrogens is 257 g/mol. The Balaban J connectivity index is 2.22. The Bertz CT molecular complexity index is 614. The highest BCUT2D eigenvalue weighted by atomic mass is 19.1. The molecule has 0 fully saturated rings. The van der Waals surface area contributed by atoms with Crippen LogP contribution in [-0.2, 0) is 6.54 Å². The van der Waals surface area contributed by atoms with Gasteiger partial charge in [-0.2, -0.15) is 4.39 Å². The highest BCUT2D eigenvalue weighted by Gasteiger charge is 2.13. The maximum Gasteiger partial charge on any atom is 0.260 e. The van der Waals surface area contributed by atoms with Crippen molar-refractivity contribution in [3.8, 4) is 0 Å². The lowest BCUT2D eigenvalue weighted by Gasteiger charge is -2.14. The van der Waals surface area contributed by atoms with Crippen molar-refractivity contribution in [2.24, 2.45) is 0 Å². The molecule has 1 amide bonds. The minimum atomic E-state index is -0.768. The monoisotopic (exact) mass is 273 g/mol. The van der Waals surface area contributed by atoms with Gasteiger partial charge in [-0.25, -0.2) is 4.98 Å². The van der Waals surface area contributed by atoms with Crippen molar-refractivity contribution in [1.29, 1.82) is 0 Å². The molecule has 0 saturated heterocycles. The van der Waals surface area contributed by atoms with Gasteiger partial charge in [-0.15, -0.1) is 0 Å². The van der Waals surface area contributed by atoms with E-state index in [-0.39, 0.29) is 5.56 Å². The SMILES string of the molecule is CN(C)Cc1ccccc1NC(=O)c1cccnc1F. The molecule has 0 aliphatic rings. The number of aromatic nitrogens is 1. The third kappa shape index (κ3) is 3.39. The Kier molecular flexibility index (Phi) is 4.42. The van der Waals surface area contributed by atoms with Crippen LogP contribution >= 0.6 is 0 Å². The highest BCUT2D eigenvalue weighted by Crippen LogP contribution is 2.17. The number of benzene rings is 1. The molecule has 0 aliphatic carbocycles. The van der Waals surface area contributed by atoms with Crippen LogP contribution in [0.4, 0.5) is 10.1 Å². The Morgan fingerprint density at radius 2 is 2.00 bits per heavy atom. The summed E-state index contributed by atoms with van der Waals surface area (Å²) < 4.78 is 13.5. The number of hydrogen-bond acceptors (Lipinski definition) is 3. The Labute approximate surface area is 117 Å². The molecule has 2 aromatic rings. The maximum atomic E-state index is 13.5. The number of pyridine rings is 1. The number of hydrogen-bond donors (Lipinski definition) is 1. The number of anilines is 1. The van der Waals surface area contributed by atoms with Crippen LogP contribution in [0.3, 0.4) is 0 Å². The third-order valence-electron chi connectivity index (χ3n) is 2.76. The number of carbonyl (C=O) groups excluding carboxylic acids is 1. The molecule has 2 rings (SSSR count). The van der Waals surface area contributed by atoms with Gasteiger partial charge in [0.05, 0.1) is 5.56 Å². The number of nitrogens with one attached hydrogen (secondary N) is 1. The number of nitrogens with zero attached hydrogens (tertiary/aromatic N) is 2. The molecule has 1 N–H and O–H groups in total. The summed E-state index contributed by atoms with van der Waals surface area (Å²) >= 11 is 0. The fourth-order valence-corrected chi connectivity index (χ4v) is 1.87. The van der Waals surface area contributed by atoms with E-state index < -0.39 is 11.9 Å². The molecule has 104 valence electrons. The Hall–Kier alpha value is -2.27. The van der Waals surface area contributed by atoms with Crippen LogP contribution in [0, 0.1) is 5.95 Å². The van der Waals surface area contributed by atoms with Crippen molar-refractivity contribution in [3.05, 3.63) is 59.7 Å². The van der Waals surface area contributed by atoms with Crippen molar-refractivity contribution < 1.29 is 9.18 Å². The van der Waals surface area contributed by atoms with Gasteiger partial charge in [-0.3, -0.25) is 4.79 Å². The topological polar surface area (TPSA) is 45.2 Å². The molecule has 1 aromatic carbocycles. The van der Waals surface area contributed by atoms with Crippen LogP contribution in [-0.4, -0.2) is 29.9 Å². The zero-order valence-corrected chi connectivity index (χ0v) is 11.4. The molecule has 4 nitrogen and oxygen atoms in total. The first-order valence-corrected chi connectivity index (χ1v) is 6.22. The van der Waals surface area contributed by atoms with E-state index in [9.17, 15) is 9.18 Å². The second-order valence-electron chi connectivity index (χ2n) is 4.69. The van der Waals surface area contributed by atoms with Crippen molar-refractivity contribution in [1.82, 2.24) is 9.88 Å². The van der Waals surface area contributed by atoms with Gasteiger partial charge in [0.25, 0.3) is 5.91 Å². The predicted octanol–water partition coefficient (Wildman–Crippen LogP) is 2.53. The molecule has 0 unspecified atom stereocenters. The zero-order chi connectivity index (χ0) is 14.5.